The Hall–Kier alpha value is -1.83. The SMILES string of the molecule is CC(C)NC(C(=O)NC(CCCNC(N)=O)C(=O)NCCC(C)(C)C)C(C)C. The van der Waals surface area contributed by atoms with Crippen LogP contribution in [0.15, 0.2) is 0 Å². The third-order valence-corrected chi connectivity index (χ3v) is 4.24. The predicted molar refractivity (Wildman–Crippen MR) is 113 cm³/mol. The summed E-state index contributed by atoms with van der Waals surface area (Å²) >= 11 is 0. The minimum atomic E-state index is -0.655. The quantitative estimate of drug-likeness (QED) is 0.319. The molecule has 0 aromatic carbocycles. The van der Waals surface area contributed by atoms with Crippen LogP contribution in [0.1, 0.15) is 67.7 Å². The molecule has 0 spiro atoms. The van der Waals surface area contributed by atoms with Crippen molar-refractivity contribution < 1.29 is 14.4 Å². The Bertz CT molecular complexity index is 501. The van der Waals surface area contributed by atoms with Gasteiger partial charge >= 0.3 is 6.03 Å². The number of carbonyl (C=O) groups excluding carboxylic acids is 3. The van der Waals surface area contributed by atoms with Crippen LogP contribution >= 0.6 is 0 Å². The summed E-state index contributed by atoms with van der Waals surface area (Å²) in [7, 11) is 0. The molecule has 0 aromatic rings. The van der Waals surface area contributed by atoms with Gasteiger partial charge in [-0.2, -0.15) is 0 Å². The Morgan fingerprint density at radius 2 is 1.54 bits per heavy atom. The molecule has 8 nitrogen and oxygen atoms in total. The topological polar surface area (TPSA) is 125 Å². The normalized spacial score (nSPS) is 13.9. The Labute approximate surface area is 170 Å². The van der Waals surface area contributed by atoms with Gasteiger partial charge in [0.15, 0.2) is 0 Å². The van der Waals surface area contributed by atoms with Gasteiger partial charge in [-0.1, -0.05) is 48.5 Å². The first-order valence-electron chi connectivity index (χ1n) is 10.2. The molecule has 0 aliphatic rings. The summed E-state index contributed by atoms with van der Waals surface area (Å²) < 4.78 is 0. The van der Waals surface area contributed by atoms with Gasteiger partial charge in [0.1, 0.15) is 6.04 Å². The smallest absolute Gasteiger partial charge is 0.312 e. The number of nitrogens with two attached hydrogens (primary N) is 1. The van der Waals surface area contributed by atoms with Crippen molar-refractivity contribution in [1.29, 1.82) is 0 Å². The molecular formula is C20H41N5O3. The van der Waals surface area contributed by atoms with E-state index in [0.717, 1.165) is 6.42 Å². The van der Waals surface area contributed by atoms with Gasteiger partial charge < -0.3 is 27.0 Å². The second-order valence-electron chi connectivity index (χ2n) is 9.14. The molecule has 0 saturated heterocycles. The Balaban J connectivity index is 4.95. The minimum absolute atomic E-state index is 0.0866. The van der Waals surface area contributed by atoms with E-state index in [1.54, 1.807) is 0 Å². The molecule has 0 fully saturated rings. The lowest BCUT2D eigenvalue weighted by Crippen LogP contribution is -2.55. The molecule has 0 heterocycles. The van der Waals surface area contributed by atoms with Crippen LogP contribution in [0.2, 0.25) is 0 Å². The fourth-order valence-electron chi connectivity index (χ4n) is 2.66. The summed E-state index contributed by atoms with van der Waals surface area (Å²) in [6, 6.07) is -1.49. The average Bonchev–Trinajstić information content (AvgIpc) is 2.53. The lowest BCUT2D eigenvalue weighted by Gasteiger charge is -2.27. The van der Waals surface area contributed by atoms with Crippen molar-refractivity contribution in [2.24, 2.45) is 17.1 Å². The molecule has 4 amide bonds. The molecule has 0 saturated carbocycles. The van der Waals surface area contributed by atoms with Crippen molar-refractivity contribution in [2.75, 3.05) is 13.1 Å². The minimum Gasteiger partial charge on any atom is -0.354 e. The maximum Gasteiger partial charge on any atom is 0.312 e. The maximum absolute atomic E-state index is 12.8. The Kier molecular flexibility index (Phi) is 11.8. The zero-order chi connectivity index (χ0) is 21.9. The highest BCUT2D eigenvalue weighted by Gasteiger charge is 2.27. The van der Waals surface area contributed by atoms with Crippen molar-refractivity contribution in [1.82, 2.24) is 21.3 Å². The van der Waals surface area contributed by atoms with Gasteiger partial charge in [0.05, 0.1) is 6.04 Å². The van der Waals surface area contributed by atoms with Gasteiger partial charge in [0.2, 0.25) is 11.8 Å². The third-order valence-electron chi connectivity index (χ3n) is 4.24. The molecule has 2 unspecified atom stereocenters. The summed E-state index contributed by atoms with van der Waals surface area (Å²) in [5.74, 6) is -0.310. The molecule has 0 aromatic heterocycles. The van der Waals surface area contributed by atoms with Crippen LogP contribution in [0, 0.1) is 11.3 Å². The van der Waals surface area contributed by atoms with Crippen LogP contribution in [0.4, 0.5) is 4.79 Å². The largest absolute Gasteiger partial charge is 0.354 e. The fraction of sp³-hybridized carbons (Fsp3) is 0.850. The molecule has 6 N–H and O–H groups in total. The maximum atomic E-state index is 12.8. The lowest BCUT2D eigenvalue weighted by atomic mass is 9.92. The molecule has 164 valence electrons. The van der Waals surface area contributed by atoms with E-state index >= 15 is 0 Å². The zero-order valence-electron chi connectivity index (χ0n) is 18.6. The van der Waals surface area contributed by atoms with Crippen LogP contribution in [0.5, 0.6) is 0 Å². The van der Waals surface area contributed by atoms with E-state index in [4.69, 9.17) is 5.73 Å². The van der Waals surface area contributed by atoms with Gasteiger partial charge in [-0.25, -0.2) is 4.79 Å². The first-order chi connectivity index (χ1) is 12.8. The number of rotatable bonds is 12. The molecule has 0 aliphatic heterocycles. The van der Waals surface area contributed by atoms with E-state index in [1.165, 1.54) is 0 Å². The number of nitrogens with one attached hydrogen (secondary N) is 4. The van der Waals surface area contributed by atoms with Crippen molar-refractivity contribution in [2.45, 2.75) is 85.9 Å². The predicted octanol–water partition coefficient (Wildman–Crippen LogP) is 1.49. The van der Waals surface area contributed by atoms with Gasteiger partial charge in [0.25, 0.3) is 0 Å². The van der Waals surface area contributed by atoms with Gasteiger partial charge in [-0.3, -0.25) is 9.59 Å². The number of primary amides is 1. The van der Waals surface area contributed by atoms with E-state index in [9.17, 15) is 14.4 Å². The average molecular weight is 400 g/mol. The number of urea groups is 1. The molecule has 8 heteroatoms. The van der Waals surface area contributed by atoms with Gasteiger partial charge in [0, 0.05) is 19.1 Å². The lowest BCUT2D eigenvalue weighted by molar-refractivity contribution is -0.131. The highest BCUT2D eigenvalue weighted by atomic mass is 16.2. The molecule has 2 atom stereocenters. The number of amides is 4. The van der Waals surface area contributed by atoms with Gasteiger partial charge in [-0.15, -0.1) is 0 Å². The van der Waals surface area contributed by atoms with Crippen molar-refractivity contribution in [3.05, 3.63) is 0 Å². The fourth-order valence-corrected chi connectivity index (χ4v) is 2.66. The monoisotopic (exact) mass is 399 g/mol. The molecule has 0 radical (unpaired) electrons. The standard InChI is InChI=1S/C20H41N5O3/c1-13(2)16(24-14(3)4)18(27)25-15(9-8-11-23-19(21)28)17(26)22-12-10-20(5,6)7/h13-16,24H,8-12H2,1-7H3,(H,22,26)(H,25,27)(H3,21,23,28). The number of hydrogen-bond acceptors (Lipinski definition) is 4. The Morgan fingerprint density at radius 3 is 2.00 bits per heavy atom. The number of carbonyl (C=O) groups is 3. The van der Waals surface area contributed by atoms with E-state index in [1.807, 2.05) is 27.7 Å². The van der Waals surface area contributed by atoms with Crippen LogP contribution < -0.4 is 27.0 Å². The molecular weight excluding hydrogens is 358 g/mol. The van der Waals surface area contributed by atoms with Crippen LogP contribution in [-0.4, -0.2) is 49.1 Å². The van der Waals surface area contributed by atoms with Crippen LogP contribution in [0.3, 0.4) is 0 Å². The van der Waals surface area contributed by atoms with Crippen molar-refractivity contribution in [3.63, 3.8) is 0 Å². The molecule has 0 aliphatic carbocycles. The van der Waals surface area contributed by atoms with Crippen LogP contribution in [0.25, 0.3) is 0 Å². The summed E-state index contributed by atoms with van der Waals surface area (Å²) in [6.07, 6.45) is 1.79. The summed E-state index contributed by atoms with van der Waals surface area (Å²) in [4.78, 5) is 36.2. The second kappa shape index (κ2) is 12.6. The molecule has 0 rings (SSSR count). The van der Waals surface area contributed by atoms with E-state index < -0.39 is 12.1 Å². The first-order valence-corrected chi connectivity index (χ1v) is 10.2. The summed E-state index contributed by atoms with van der Waals surface area (Å²) in [5.41, 5.74) is 5.18. The first kappa shape index (κ1) is 26.2. The zero-order valence-corrected chi connectivity index (χ0v) is 18.6. The van der Waals surface area contributed by atoms with E-state index in [2.05, 4.69) is 42.0 Å². The number of hydrogen-bond donors (Lipinski definition) is 5. The third kappa shape index (κ3) is 12.5. The van der Waals surface area contributed by atoms with Crippen LogP contribution in [-0.2, 0) is 9.59 Å². The summed E-state index contributed by atoms with van der Waals surface area (Å²) in [5, 5.41) is 11.6. The van der Waals surface area contributed by atoms with E-state index in [0.29, 0.717) is 25.9 Å². The highest BCUT2D eigenvalue weighted by molar-refractivity contribution is 5.89. The molecule has 28 heavy (non-hydrogen) atoms. The molecule has 0 bridgehead atoms. The van der Waals surface area contributed by atoms with Crippen molar-refractivity contribution >= 4 is 17.8 Å². The van der Waals surface area contributed by atoms with Gasteiger partial charge in [-0.05, 0) is 30.6 Å². The van der Waals surface area contributed by atoms with Crippen molar-refractivity contribution in [3.8, 4) is 0 Å². The highest BCUT2D eigenvalue weighted by Crippen LogP contribution is 2.17. The Morgan fingerprint density at radius 1 is 0.929 bits per heavy atom. The second-order valence-corrected chi connectivity index (χ2v) is 9.14. The summed E-state index contributed by atoms with van der Waals surface area (Å²) in [6.45, 7) is 15.1. The van der Waals surface area contributed by atoms with E-state index in [-0.39, 0.29) is 35.2 Å².